The Morgan fingerprint density at radius 2 is 1.81 bits per heavy atom. The largest absolute Gasteiger partial charge is 0.369 e. The van der Waals surface area contributed by atoms with Gasteiger partial charge in [-0.1, -0.05) is 32.8 Å². The van der Waals surface area contributed by atoms with E-state index >= 15 is 0 Å². The van der Waals surface area contributed by atoms with E-state index in [2.05, 4.69) is 55.0 Å². The summed E-state index contributed by atoms with van der Waals surface area (Å²) in [6.45, 7) is 15.6. The van der Waals surface area contributed by atoms with Crippen molar-refractivity contribution < 1.29 is 0 Å². The first kappa shape index (κ1) is 23.7. The van der Waals surface area contributed by atoms with Gasteiger partial charge in [-0.05, 0) is 57.7 Å². The molecule has 0 unspecified atom stereocenters. The molecular weight excluding hydrogens is 334 g/mol. The van der Waals surface area contributed by atoms with Crippen LogP contribution in [0.25, 0.3) is 0 Å². The Balaban J connectivity index is 2.85. The highest BCUT2D eigenvalue weighted by molar-refractivity contribution is 5.93. The average Bonchev–Trinajstić information content (AvgIpc) is 2.95. The number of amidine groups is 1. The maximum Gasteiger partial charge on any atom is 0.130 e. The van der Waals surface area contributed by atoms with Gasteiger partial charge in [0.15, 0.2) is 0 Å². The first-order valence-electron chi connectivity index (χ1n) is 11.0. The Hall–Kier alpha value is -1.33. The van der Waals surface area contributed by atoms with E-state index in [-0.39, 0.29) is 0 Å². The van der Waals surface area contributed by atoms with Crippen molar-refractivity contribution in [1.82, 2.24) is 15.1 Å². The van der Waals surface area contributed by atoms with Gasteiger partial charge < -0.3 is 20.9 Å². The highest BCUT2D eigenvalue weighted by atomic mass is 15.2. The second kappa shape index (κ2) is 14.7. The van der Waals surface area contributed by atoms with Crippen molar-refractivity contribution in [2.75, 3.05) is 45.8 Å². The van der Waals surface area contributed by atoms with Crippen molar-refractivity contribution in [3.8, 4) is 0 Å². The molecule has 0 amide bonds. The van der Waals surface area contributed by atoms with E-state index in [0.717, 1.165) is 70.3 Å². The van der Waals surface area contributed by atoms with E-state index in [1.807, 2.05) is 0 Å². The Bertz CT molecular complexity index is 467. The molecule has 1 heterocycles. The van der Waals surface area contributed by atoms with Crippen LogP contribution in [0.5, 0.6) is 0 Å². The molecule has 0 aromatic carbocycles. The van der Waals surface area contributed by atoms with Gasteiger partial charge in [0, 0.05) is 39.3 Å². The van der Waals surface area contributed by atoms with Crippen molar-refractivity contribution >= 4 is 5.84 Å². The highest BCUT2D eigenvalue weighted by Crippen LogP contribution is 2.14. The summed E-state index contributed by atoms with van der Waals surface area (Å²) in [5, 5.41) is 3.61. The van der Waals surface area contributed by atoms with Crippen LogP contribution in [-0.4, -0.2) is 61.4 Å². The first-order chi connectivity index (χ1) is 13.2. The van der Waals surface area contributed by atoms with Gasteiger partial charge in [0.25, 0.3) is 0 Å². The third-order valence-electron chi connectivity index (χ3n) is 5.11. The Morgan fingerprint density at radius 1 is 1.11 bits per heavy atom. The van der Waals surface area contributed by atoms with Gasteiger partial charge in [-0.15, -0.1) is 0 Å². The number of hydrogen-bond acceptors (Lipinski definition) is 4. The maximum atomic E-state index is 5.75. The van der Waals surface area contributed by atoms with Gasteiger partial charge in [0.2, 0.25) is 0 Å². The van der Waals surface area contributed by atoms with Gasteiger partial charge in [-0.2, -0.15) is 0 Å². The van der Waals surface area contributed by atoms with Crippen molar-refractivity contribution in [3.05, 3.63) is 23.5 Å². The number of allylic oxidation sites excluding steroid dienone is 2. The van der Waals surface area contributed by atoms with Crippen LogP contribution in [0.2, 0.25) is 0 Å². The standard InChI is InChI=1S/C22H43N5/c1-5-12-21(27-16-10-8-9-11-17-27)25-22(20(4)7-3)24-14-19-26(15-6-2)18-13-23/h5,12,24H,6-11,13-19,23H2,1-4H3/b12-5-,22-20+,25-21+. The molecule has 1 rings (SSSR count). The second-order valence-electron chi connectivity index (χ2n) is 7.41. The van der Waals surface area contributed by atoms with E-state index in [1.165, 1.54) is 31.3 Å². The lowest BCUT2D eigenvalue weighted by Gasteiger charge is -2.24. The third kappa shape index (κ3) is 9.43. The molecule has 0 aromatic heterocycles. The second-order valence-corrected chi connectivity index (χ2v) is 7.41. The molecule has 0 radical (unpaired) electrons. The molecule has 0 saturated carbocycles. The predicted octanol–water partition coefficient (Wildman–Crippen LogP) is 3.74. The van der Waals surface area contributed by atoms with Crippen LogP contribution >= 0.6 is 0 Å². The molecule has 0 aromatic rings. The fraction of sp³-hybridized carbons (Fsp3) is 0.773. The normalized spacial score (nSPS) is 17.4. The Labute approximate surface area is 167 Å². The molecule has 1 aliphatic heterocycles. The molecule has 0 atom stereocenters. The first-order valence-corrected chi connectivity index (χ1v) is 11.0. The van der Waals surface area contributed by atoms with E-state index in [4.69, 9.17) is 10.7 Å². The topological polar surface area (TPSA) is 56.9 Å². The minimum atomic E-state index is 0.717. The molecule has 5 heteroatoms. The minimum Gasteiger partial charge on any atom is -0.369 e. The van der Waals surface area contributed by atoms with Crippen molar-refractivity contribution in [3.63, 3.8) is 0 Å². The summed E-state index contributed by atoms with van der Waals surface area (Å²) >= 11 is 0. The SMILES string of the molecule is C\C=C/C(=N\C(NCCN(CCC)CCN)=C(/C)CC)N1CCCCCC1. The zero-order chi connectivity index (χ0) is 19.9. The average molecular weight is 378 g/mol. The van der Waals surface area contributed by atoms with E-state index in [0.29, 0.717) is 0 Å². The number of nitrogens with one attached hydrogen (secondary N) is 1. The van der Waals surface area contributed by atoms with Crippen LogP contribution in [0.1, 0.15) is 66.2 Å². The smallest absolute Gasteiger partial charge is 0.130 e. The molecular formula is C22H43N5. The molecule has 0 aliphatic carbocycles. The van der Waals surface area contributed by atoms with Crippen molar-refractivity contribution in [1.29, 1.82) is 0 Å². The zero-order valence-corrected chi connectivity index (χ0v) is 18.3. The van der Waals surface area contributed by atoms with E-state index in [1.54, 1.807) is 0 Å². The van der Waals surface area contributed by atoms with Crippen LogP contribution in [-0.2, 0) is 0 Å². The van der Waals surface area contributed by atoms with Crippen molar-refractivity contribution in [2.45, 2.75) is 66.2 Å². The maximum absolute atomic E-state index is 5.75. The van der Waals surface area contributed by atoms with Crippen LogP contribution in [0.15, 0.2) is 28.5 Å². The minimum absolute atomic E-state index is 0.717. The number of nitrogens with zero attached hydrogens (tertiary/aromatic N) is 3. The number of likely N-dealkylation sites (tertiary alicyclic amines) is 1. The van der Waals surface area contributed by atoms with Gasteiger partial charge in [-0.3, -0.25) is 0 Å². The summed E-state index contributed by atoms with van der Waals surface area (Å²) < 4.78 is 0. The molecule has 1 fully saturated rings. The lowest BCUT2D eigenvalue weighted by atomic mass is 10.2. The van der Waals surface area contributed by atoms with Gasteiger partial charge >= 0.3 is 0 Å². The molecule has 5 nitrogen and oxygen atoms in total. The van der Waals surface area contributed by atoms with Crippen LogP contribution in [0.4, 0.5) is 0 Å². The van der Waals surface area contributed by atoms with E-state index in [9.17, 15) is 0 Å². The zero-order valence-electron chi connectivity index (χ0n) is 18.3. The lowest BCUT2D eigenvalue weighted by Crippen LogP contribution is -2.36. The number of hydrogen-bond donors (Lipinski definition) is 2. The Kier molecular flexibility index (Phi) is 12.9. The summed E-state index contributed by atoms with van der Waals surface area (Å²) in [7, 11) is 0. The van der Waals surface area contributed by atoms with Crippen LogP contribution in [0, 0.1) is 0 Å². The molecule has 1 saturated heterocycles. The molecule has 27 heavy (non-hydrogen) atoms. The Morgan fingerprint density at radius 3 is 2.37 bits per heavy atom. The van der Waals surface area contributed by atoms with Gasteiger partial charge in [0.05, 0.1) is 0 Å². The summed E-state index contributed by atoms with van der Waals surface area (Å²) in [6, 6.07) is 0. The molecule has 156 valence electrons. The highest BCUT2D eigenvalue weighted by Gasteiger charge is 2.13. The summed E-state index contributed by atoms with van der Waals surface area (Å²) in [5.41, 5.74) is 7.06. The van der Waals surface area contributed by atoms with E-state index < -0.39 is 0 Å². The van der Waals surface area contributed by atoms with Gasteiger partial charge in [-0.25, -0.2) is 4.99 Å². The lowest BCUT2D eigenvalue weighted by molar-refractivity contribution is 0.283. The summed E-state index contributed by atoms with van der Waals surface area (Å²) in [6.07, 6.45) is 11.6. The molecule has 0 bridgehead atoms. The number of rotatable bonds is 11. The number of nitrogens with two attached hydrogens (primary N) is 1. The monoisotopic (exact) mass is 377 g/mol. The van der Waals surface area contributed by atoms with Crippen molar-refractivity contribution in [2.24, 2.45) is 10.7 Å². The predicted molar refractivity (Wildman–Crippen MR) is 119 cm³/mol. The molecule has 1 aliphatic rings. The third-order valence-corrected chi connectivity index (χ3v) is 5.11. The number of aliphatic imine (C=N–C) groups is 1. The fourth-order valence-corrected chi connectivity index (χ4v) is 3.40. The van der Waals surface area contributed by atoms with Crippen LogP contribution in [0.3, 0.4) is 0 Å². The fourth-order valence-electron chi connectivity index (χ4n) is 3.40. The molecule has 0 spiro atoms. The summed E-state index contributed by atoms with van der Waals surface area (Å²) in [5.74, 6) is 2.14. The van der Waals surface area contributed by atoms with Gasteiger partial charge in [0.1, 0.15) is 11.7 Å². The molecule has 3 N–H and O–H groups in total. The van der Waals surface area contributed by atoms with Crippen LogP contribution < -0.4 is 11.1 Å². The quantitative estimate of drug-likeness (QED) is 0.425. The summed E-state index contributed by atoms with van der Waals surface area (Å²) in [4.78, 5) is 9.95.